The van der Waals surface area contributed by atoms with Crippen molar-refractivity contribution in [1.82, 2.24) is 15.3 Å². The van der Waals surface area contributed by atoms with E-state index in [-0.39, 0.29) is 5.91 Å². The average molecular weight is 251 g/mol. The summed E-state index contributed by atoms with van der Waals surface area (Å²) in [6.07, 6.45) is 1.58. The molecule has 0 fully saturated rings. The summed E-state index contributed by atoms with van der Waals surface area (Å²) in [5, 5.41) is 3.53. The summed E-state index contributed by atoms with van der Waals surface area (Å²) in [7, 11) is 1.61. The Bertz CT molecular complexity index is 731. The number of pyridine rings is 1. The van der Waals surface area contributed by atoms with E-state index in [4.69, 9.17) is 0 Å². The van der Waals surface area contributed by atoms with E-state index in [0.29, 0.717) is 5.56 Å². The van der Waals surface area contributed by atoms with E-state index in [2.05, 4.69) is 15.3 Å². The molecule has 2 heterocycles. The fraction of sp³-hybridized carbons (Fsp3) is 0.0667. The first-order valence-corrected chi connectivity index (χ1v) is 6.04. The van der Waals surface area contributed by atoms with E-state index in [1.165, 1.54) is 0 Å². The second-order valence-electron chi connectivity index (χ2n) is 4.29. The highest BCUT2D eigenvalue weighted by atomic mass is 16.1. The molecule has 4 heteroatoms. The van der Waals surface area contributed by atoms with Gasteiger partial charge in [0, 0.05) is 24.3 Å². The SMILES string of the molecule is CNC(=O)c1cnc2[nH]c(-c3ccccc3)cc2c1. The molecule has 0 aliphatic rings. The molecule has 2 aromatic heterocycles. The summed E-state index contributed by atoms with van der Waals surface area (Å²) in [5.41, 5.74) is 3.44. The van der Waals surface area contributed by atoms with Gasteiger partial charge in [0.1, 0.15) is 5.65 Å². The first-order valence-electron chi connectivity index (χ1n) is 6.04. The van der Waals surface area contributed by atoms with Crippen LogP contribution in [0.4, 0.5) is 0 Å². The second kappa shape index (κ2) is 4.57. The van der Waals surface area contributed by atoms with E-state index in [0.717, 1.165) is 22.3 Å². The fourth-order valence-corrected chi connectivity index (χ4v) is 2.06. The highest BCUT2D eigenvalue weighted by Gasteiger charge is 2.08. The normalized spacial score (nSPS) is 10.6. The number of nitrogens with one attached hydrogen (secondary N) is 2. The van der Waals surface area contributed by atoms with Crippen LogP contribution < -0.4 is 5.32 Å². The van der Waals surface area contributed by atoms with Crippen molar-refractivity contribution < 1.29 is 4.79 Å². The van der Waals surface area contributed by atoms with Gasteiger partial charge >= 0.3 is 0 Å². The molecular weight excluding hydrogens is 238 g/mol. The third-order valence-corrected chi connectivity index (χ3v) is 3.04. The van der Waals surface area contributed by atoms with E-state index in [1.54, 1.807) is 13.2 Å². The minimum absolute atomic E-state index is 0.128. The first kappa shape index (κ1) is 11.5. The number of nitrogens with zero attached hydrogens (tertiary/aromatic N) is 1. The zero-order chi connectivity index (χ0) is 13.2. The average Bonchev–Trinajstić information content (AvgIpc) is 2.90. The van der Waals surface area contributed by atoms with Gasteiger partial charge in [0.05, 0.1) is 5.56 Å². The topological polar surface area (TPSA) is 57.8 Å². The lowest BCUT2D eigenvalue weighted by Gasteiger charge is -1.97. The van der Waals surface area contributed by atoms with E-state index >= 15 is 0 Å². The van der Waals surface area contributed by atoms with E-state index < -0.39 is 0 Å². The van der Waals surface area contributed by atoms with Crippen molar-refractivity contribution in [3.05, 3.63) is 54.2 Å². The molecule has 0 atom stereocenters. The molecular formula is C15H13N3O. The minimum atomic E-state index is -0.128. The van der Waals surface area contributed by atoms with Crippen LogP contribution >= 0.6 is 0 Å². The van der Waals surface area contributed by atoms with Gasteiger partial charge in [-0.15, -0.1) is 0 Å². The summed E-state index contributed by atoms with van der Waals surface area (Å²) in [6, 6.07) is 13.9. The Labute approximate surface area is 110 Å². The van der Waals surface area contributed by atoms with Crippen LogP contribution in [0.25, 0.3) is 22.3 Å². The predicted molar refractivity (Wildman–Crippen MR) is 74.9 cm³/mol. The monoisotopic (exact) mass is 251 g/mol. The maximum absolute atomic E-state index is 11.6. The van der Waals surface area contributed by atoms with Crippen molar-refractivity contribution >= 4 is 16.9 Å². The highest BCUT2D eigenvalue weighted by molar-refractivity contribution is 5.97. The Balaban J connectivity index is 2.09. The van der Waals surface area contributed by atoms with Crippen LogP contribution in [-0.4, -0.2) is 22.9 Å². The van der Waals surface area contributed by atoms with Crippen LogP contribution in [0, 0.1) is 0 Å². The van der Waals surface area contributed by atoms with Crippen LogP contribution in [0.5, 0.6) is 0 Å². The lowest BCUT2D eigenvalue weighted by Crippen LogP contribution is -2.17. The number of fused-ring (bicyclic) bond motifs is 1. The van der Waals surface area contributed by atoms with Gasteiger partial charge in [0.2, 0.25) is 0 Å². The zero-order valence-corrected chi connectivity index (χ0v) is 10.5. The molecule has 19 heavy (non-hydrogen) atoms. The molecule has 2 N–H and O–H groups in total. The molecule has 94 valence electrons. The van der Waals surface area contributed by atoms with Gasteiger partial charge in [0.25, 0.3) is 5.91 Å². The molecule has 0 spiro atoms. The molecule has 0 aliphatic heterocycles. The quantitative estimate of drug-likeness (QED) is 0.735. The molecule has 0 aliphatic carbocycles. The number of hydrogen-bond donors (Lipinski definition) is 2. The van der Waals surface area contributed by atoms with Gasteiger partial charge in [-0.05, 0) is 17.7 Å². The molecule has 0 unspecified atom stereocenters. The summed E-state index contributed by atoms with van der Waals surface area (Å²) in [5.74, 6) is -0.128. The lowest BCUT2D eigenvalue weighted by molar-refractivity contribution is 0.0963. The van der Waals surface area contributed by atoms with Crippen LogP contribution in [0.1, 0.15) is 10.4 Å². The number of carbonyl (C=O) groups is 1. The van der Waals surface area contributed by atoms with Crippen LogP contribution in [0.15, 0.2) is 48.7 Å². The Morgan fingerprint density at radius 1 is 1.21 bits per heavy atom. The van der Waals surface area contributed by atoms with Crippen molar-refractivity contribution in [2.45, 2.75) is 0 Å². The third-order valence-electron chi connectivity index (χ3n) is 3.04. The maximum Gasteiger partial charge on any atom is 0.252 e. The predicted octanol–water partition coefficient (Wildman–Crippen LogP) is 2.59. The number of benzene rings is 1. The van der Waals surface area contributed by atoms with Crippen molar-refractivity contribution in [2.75, 3.05) is 7.05 Å². The molecule has 1 amide bonds. The lowest BCUT2D eigenvalue weighted by atomic mass is 10.1. The van der Waals surface area contributed by atoms with E-state index in [9.17, 15) is 4.79 Å². The number of hydrogen-bond acceptors (Lipinski definition) is 2. The molecule has 1 aromatic carbocycles. The van der Waals surface area contributed by atoms with Crippen LogP contribution in [-0.2, 0) is 0 Å². The van der Waals surface area contributed by atoms with Gasteiger partial charge in [0.15, 0.2) is 0 Å². The number of carbonyl (C=O) groups excluding carboxylic acids is 1. The number of aromatic amines is 1. The Kier molecular flexibility index (Phi) is 2.76. The summed E-state index contributed by atoms with van der Waals surface area (Å²) < 4.78 is 0. The van der Waals surface area contributed by atoms with Crippen molar-refractivity contribution in [1.29, 1.82) is 0 Å². The van der Waals surface area contributed by atoms with Gasteiger partial charge in [-0.2, -0.15) is 0 Å². The number of amides is 1. The van der Waals surface area contributed by atoms with Gasteiger partial charge in [-0.1, -0.05) is 30.3 Å². The Hall–Kier alpha value is -2.62. The van der Waals surface area contributed by atoms with Gasteiger partial charge in [-0.3, -0.25) is 4.79 Å². The summed E-state index contributed by atoms with van der Waals surface area (Å²) in [4.78, 5) is 19.1. The van der Waals surface area contributed by atoms with Crippen LogP contribution in [0.3, 0.4) is 0 Å². The molecule has 4 nitrogen and oxygen atoms in total. The van der Waals surface area contributed by atoms with Crippen LogP contribution in [0.2, 0.25) is 0 Å². The molecule has 3 rings (SSSR count). The first-order chi connectivity index (χ1) is 9.28. The Morgan fingerprint density at radius 3 is 2.74 bits per heavy atom. The third kappa shape index (κ3) is 2.08. The molecule has 3 aromatic rings. The molecule has 0 bridgehead atoms. The minimum Gasteiger partial charge on any atom is -0.355 e. The summed E-state index contributed by atoms with van der Waals surface area (Å²) >= 11 is 0. The smallest absolute Gasteiger partial charge is 0.252 e. The highest BCUT2D eigenvalue weighted by Crippen LogP contribution is 2.23. The molecule has 0 saturated carbocycles. The zero-order valence-electron chi connectivity index (χ0n) is 10.5. The second-order valence-corrected chi connectivity index (χ2v) is 4.29. The van der Waals surface area contributed by atoms with Crippen molar-refractivity contribution in [3.63, 3.8) is 0 Å². The van der Waals surface area contributed by atoms with Gasteiger partial charge in [-0.25, -0.2) is 4.98 Å². The Morgan fingerprint density at radius 2 is 2.00 bits per heavy atom. The number of rotatable bonds is 2. The molecule has 0 radical (unpaired) electrons. The number of aromatic nitrogens is 2. The van der Waals surface area contributed by atoms with Crippen molar-refractivity contribution in [2.24, 2.45) is 0 Å². The fourth-order valence-electron chi connectivity index (χ4n) is 2.06. The maximum atomic E-state index is 11.6. The number of H-pyrrole nitrogens is 1. The van der Waals surface area contributed by atoms with Crippen molar-refractivity contribution in [3.8, 4) is 11.3 Å². The largest absolute Gasteiger partial charge is 0.355 e. The van der Waals surface area contributed by atoms with E-state index in [1.807, 2.05) is 42.5 Å². The summed E-state index contributed by atoms with van der Waals surface area (Å²) in [6.45, 7) is 0. The van der Waals surface area contributed by atoms with Gasteiger partial charge < -0.3 is 10.3 Å². The molecule has 0 saturated heterocycles. The standard InChI is InChI=1S/C15H13N3O/c1-16-15(19)12-7-11-8-13(18-14(11)17-9-12)10-5-3-2-4-6-10/h2-9H,1H3,(H,16,19)(H,17,18).